The van der Waals surface area contributed by atoms with Crippen LogP contribution < -0.4 is 0 Å². The number of hydrogen-bond donors (Lipinski definition) is 1. The molecule has 3 rings (SSSR count). The lowest BCUT2D eigenvalue weighted by Gasteiger charge is -2.33. The predicted octanol–water partition coefficient (Wildman–Crippen LogP) is 2.33. The summed E-state index contributed by atoms with van der Waals surface area (Å²) in [6.45, 7) is -0.202. The minimum Gasteiger partial charge on any atom is -0.480 e. The molecule has 1 atom stereocenters. The molecule has 27 heavy (non-hydrogen) atoms. The van der Waals surface area contributed by atoms with Gasteiger partial charge in [-0.2, -0.15) is 0 Å². The highest BCUT2D eigenvalue weighted by atomic mass is 32.2. The third-order valence-electron chi connectivity index (χ3n) is 4.44. The quantitative estimate of drug-likeness (QED) is 0.791. The molecule has 2 heterocycles. The first kappa shape index (κ1) is 19.1. The van der Waals surface area contributed by atoms with E-state index in [4.69, 9.17) is 0 Å². The van der Waals surface area contributed by atoms with E-state index in [1.54, 1.807) is 0 Å². The average Bonchev–Trinajstić information content (AvgIpc) is 2.91. The summed E-state index contributed by atoms with van der Waals surface area (Å²) < 4.78 is 13.0. The lowest BCUT2D eigenvalue weighted by atomic mass is 10.0. The molecule has 2 aliphatic rings. The third-order valence-corrected chi connectivity index (χ3v) is 5.35. The number of hydrogen-bond acceptors (Lipinski definition) is 5. The second-order valence-corrected chi connectivity index (χ2v) is 7.25. The van der Waals surface area contributed by atoms with Crippen LogP contribution in [0.3, 0.4) is 0 Å². The van der Waals surface area contributed by atoms with Gasteiger partial charge in [-0.25, -0.2) is 9.18 Å². The zero-order chi connectivity index (χ0) is 19.6. The fourth-order valence-corrected chi connectivity index (χ4v) is 3.90. The summed E-state index contributed by atoms with van der Waals surface area (Å²) in [6, 6.07) is 4.49. The lowest BCUT2D eigenvalue weighted by Crippen LogP contribution is -2.51. The SMILES string of the molecule is O=C(O)[C@@H]1CCCCN1C(=O)CN1C(=O)S/C(=C\c2ccc(F)cc2)C1=O. The van der Waals surface area contributed by atoms with E-state index in [1.807, 2.05) is 0 Å². The number of likely N-dealkylation sites (tertiary alicyclic amines) is 1. The molecule has 0 unspecified atom stereocenters. The summed E-state index contributed by atoms with van der Waals surface area (Å²) in [5.41, 5.74) is 0.551. The molecule has 142 valence electrons. The van der Waals surface area contributed by atoms with Crippen LogP contribution in [-0.4, -0.2) is 57.1 Å². The first-order valence-corrected chi connectivity index (χ1v) is 9.21. The van der Waals surface area contributed by atoms with E-state index in [1.165, 1.54) is 35.2 Å². The fourth-order valence-electron chi connectivity index (χ4n) is 3.06. The van der Waals surface area contributed by atoms with Gasteiger partial charge in [-0.1, -0.05) is 12.1 Å². The first-order chi connectivity index (χ1) is 12.9. The van der Waals surface area contributed by atoms with Crippen LogP contribution in [0.15, 0.2) is 29.2 Å². The molecule has 0 radical (unpaired) electrons. The van der Waals surface area contributed by atoms with Crippen molar-refractivity contribution in [3.05, 3.63) is 40.6 Å². The summed E-state index contributed by atoms with van der Waals surface area (Å²) in [4.78, 5) is 50.6. The number of rotatable bonds is 4. The zero-order valence-electron chi connectivity index (χ0n) is 14.3. The van der Waals surface area contributed by atoms with Crippen LogP contribution in [0.4, 0.5) is 9.18 Å². The molecule has 0 bridgehead atoms. The van der Waals surface area contributed by atoms with Crippen LogP contribution in [0.2, 0.25) is 0 Å². The lowest BCUT2D eigenvalue weighted by molar-refractivity contribution is -0.152. The fraction of sp³-hybridized carbons (Fsp3) is 0.333. The Kier molecular flexibility index (Phi) is 5.59. The van der Waals surface area contributed by atoms with Crippen molar-refractivity contribution in [3.8, 4) is 0 Å². The number of carbonyl (C=O) groups is 4. The highest BCUT2D eigenvalue weighted by molar-refractivity contribution is 8.18. The molecule has 3 amide bonds. The van der Waals surface area contributed by atoms with Crippen molar-refractivity contribution < 1.29 is 28.7 Å². The Morgan fingerprint density at radius 2 is 1.93 bits per heavy atom. The molecule has 9 heteroatoms. The number of thioether (sulfide) groups is 1. The Labute approximate surface area is 158 Å². The number of carboxylic acids is 1. The number of carboxylic acid groups (broad SMARTS) is 1. The Bertz CT molecular complexity index is 824. The molecule has 0 spiro atoms. The van der Waals surface area contributed by atoms with Gasteiger partial charge >= 0.3 is 5.97 Å². The number of piperidine rings is 1. The van der Waals surface area contributed by atoms with Gasteiger partial charge in [0.2, 0.25) is 5.91 Å². The normalized spacial score (nSPS) is 21.8. The van der Waals surface area contributed by atoms with Gasteiger partial charge < -0.3 is 10.0 Å². The van der Waals surface area contributed by atoms with Gasteiger partial charge in [0, 0.05) is 6.54 Å². The van der Waals surface area contributed by atoms with Gasteiger partial charge in [-0.3, -0.25) is 19.3 Å². The predicted molar refractivity (Wildman–Crippen MR) is 96.1 cm³/mol. The maximum Gasteiger partial charge on any atom is 0.326 e. The standard InChI is InChI=1S/C18H17FN2O5S/c19-12-6-4-11(5-7-12)9-14-16(23)21(18(26)27-14)10-15(22)20-8-2-1-3-13(20)17(24)25/h4-7,9,13H,1-3,8,10H2,(H,24,25)/b14-9-/t13-/m0/s1. The van der Waals surface area contributed by atoms with Crippen molar-refractivity contribution in [3.63, 3.8) is 0 Å². The van der Waals surface area contributed by atoms with Gasteiger partial charge in [0.05, 0.1) is 4.91 Å². The summed E-state index contributed by atoms with van der Waals surface area (Å²) in [5.74, 6) is -2.69. The summed E-state index contributed by atoms with van der Waals surface area (Å²) in [7, 11) is 0. The van der Waals surface area contributed by atoms with Crippen LogP contribution in [-0.2, 0) is 14.4 Å². The maximum absolute atomic E-state index is 13.0. The van der Waals surface area contributed by atoms with Gasteiger partial charge in [-0.15, -0.1) is 0 Å². The summed E-state index contributed by atoms with van der Waals surface area (Å²) >= 11 is 0.694. The molecular formula is C18H17FN2O5S. The van der Waals surface area contributed by atoms with Crippen molar-refractivity contribution in [2.45, 2.75) is 25.3 Å². The monoisotopic (exact) mass is 392 g/mol. The molecule has 2 fully saturated rings. The number of aliphatic carboxylic acids is 1. The van der Waals surface area contributed by atoms with E-state index in [-0.39, 0.29) is 11.4 Å². The van der Waals surface area contributed by atoms with Crippen LogP contribution in [0.5, 0.6) is 0 Å². The Morgan fingerprint density at radius 3 is 2.59 bits per heavy atom. The van der Waals surface area contributed by atoms with E-state index in [9.17, 15) is 28.7 Å². The maximum atomic E-state index is 13.0. The Morgan fingerprint density at radius 1 is 1.22 bits per heavy atom. The van der Waals surface area contributed by atoms with Crippen molar-refractivity contribution in [1.29, 1.82) is 0 Å². The molecule has 0 aliphatic carbocycles. The smallest absolute Gasteiger partial charge is 0.326 e. The van der Waals surface area contributed by atoms with Crippen molar-refractivity contribution >= 4 is 40.9 Å². The number of nitrogens with zero attached hydrogens (tertiary/aromatic N) is 2. The molecule has 1 aromatic rings. The topological polar surface area (TPSA) is 95.0 Å². The van der Waals surface area contributed by atoms with E-state index in [0.717, 1.165) is 4.90 Å². The minimum atomic E-state index is -1.09. The summed E-state index contributed by atoms with van der Waals surface area (Å²) in [5, 5.41) is 8.67. The van der Waals surface area contributed by atoms with Gasteiger partial charge in [0.1, 0.15) is 18.4 Å². The second-order valence-electron chi connectivity index (χ2n) is 6.26. The molecule has 0 aromatic heterocycles. The average molecular weight is 392 g/mol. The number of benzene rings is 1. The van der Waals surface area contributed by atoms with E-state index in [0.29, 0.717) is 36.6 Å². The van der Waals surface area contributed by atoms with E-state index >= 15 is 0 Å². The minimum absolute atomic E-state index is 0.132. The van der Waals surface area contributed by atoms with E-state index < -0.39 is 41.4 Å². The third kappa shape index (κ3) is 4.19. The molecule has 0 saturated carbocycles. The Hall–Kier alpha value is -2.68. The highest BCUT2D eigenvalue weighted by Crippen LogP contribution is 2.32. The molecule has 2 saturated heterocycles. The highest BCUT2D eigenvalue weighted by Gasteiger charge is 2.39. The molecule has 1 N–H and O–H groups in total. The van der Waals surface area contributed by atoms with Crippen LogP contribution in [0.25, 0.3) is 6.08 Å². The van der Waals surface area contributed by atoms with Crippen LogP contribution >= 0.6 is 11.8 Å². The second kappa shape index (κ2) is 7.91. The number of carbonyl (C=O) groups excluding carboxylic acids is 3. The van der Waals surface area contributed by atoms with Crippen molar-refractivity contribution in [2.75, 3.05) is 13.1 Å². The van der Waals surface area contributed by atoms with Crippen molar-refractivity contribution in [2.24, 2.45) is 0 Å². The van der Waals surface area contributed by atoms with Gasteiger partial charge in [-0.05, 0) is 54.8 Å². The van der Waals surface area contributed by atoms with Crippen molar-refractivity contribution in [1.82, 2.24) is 9.80 Å². The molecule has 7 nitrogen and oxygen atoms in total. The number of amides is 3. The molecule has 1 aromatic carbocycles. The molecule has 2 aliphatic heterocycles. The van der Waals surface area contributed by atoms with Crippen LogP contribution in [0, 0.1) is 5.82 Å². The zero-order valence-corrected chi connectivity index (χ0v) is 15.1. The van der Waals surface area contributed by atoms with Gasteiger partial charge in [0.15, 0.2) is 0 Å². The Balaban J connectivity index is 1.72. The number of imide groups is 1. The summed E-state index contributed by atoms with van der Waals surface area (Å²) in [6.07, 6.45) is 3.20. The van der Waals surface area contributed by atoms with Crippen LogP contribution in [0.1, 0.15) is 24.8 Å². The largest absolute Gasteiger partial charge is 0.480 e. The van der Waals surface area contributed by atoms with E-state index in [2.05, 4.69) is 0 Å². The van der Waals surface area contributed by atoms with Gasteiger partial charge in [0.25, 0.3) is 11.1 Å². The number of halogens is 1. The molecular weight excluding hydrogens is 375 g/mol. The first-order valence-electron chi connectivity index (χ1n) is 8.40.